The van der Waals surface area contributed by atoms with Crippen LogP contribution in [0.25, 0.3) is 0 Å². The fourth-order valence-corrected chi connectivity index (χ4v) is 4.26. The quantitative estimate of drug-likeness (QED) is 0.293. The van der Waals surface area contributed by atoms with Gasteiger partial charge in [-0.05, 0) is 37.1 Å². The number of nitrogens with zero attached hydrogens (tertiary/aromatic N) is 1. The van der Waals surface area contributed by atoms with Gasteiger partial charge in [-0.15, -0.1) is 0 Å². The largest absolute Gasteiger partial charge is 0.632 e. The Hall–Kier alpha value is -2.13. The number of quaternary nitrogens is 1. The van der Waals surface area contributed by atoms with E-state index < -0.39 is 34.5 Å². The van der Waals surface area contributed by atoms with Crippen molar-refractivity contribution in [2.24, 2.45) is 0 Å². The van der Waals surface area contributed by atoms with E-state index >= 15 is 0 Å². The van der Waals surface area contributed by atoms with E-state index in [-0.39, 0.29) is 19.6 Å². The Morgan fingerprint density at radius 1 is 1.33 bits per heavy atom. The van der Waals surface area contributed by atoms with Crippen molar-refractivity contribution < 1.29 is 28.8 Å². The van der Waals surface area contributed by atoms with Crippen LogP contribution in [0.15, 0.2) is 35.9 Å². The van der Waals surface area contributed by atoms with Crippen molar-refractivity contribution in [3.63, 3.8) is 0 Å². The predicted molar refractivity (Wildman–Crippen MR) is 110 cm³/mol. The average molecular weight is 439 g/mol. The Bertz CT molecular complexity index is 829. The minimum absolute atomic E-state index is 0.112. The number of halogens is 1. The second-order valence-electron chi connectivity index (χ2n) is 7.64. The van der Waals surface area contributed by atoms with Crippen molar-refractivity contribution in [3.8, 4) is 0 Å². The van der Waals surface area contributed by atoms with Crippen LogP contribution >= 0.6 is 11.6 Å². The molecule has 0 aliphatic carbocycles. The number of aliphatic hydroxyl groups is 1. The predicted octanol–water partition coefficient (Wildman–Crippen LogP) is 2.62. The van der Waals surface area contributed by atoms with Gasteiger partial charge in [-0.3, -0.25) is 0 Å². The van der Waals surface area contributed by atoms with Crippen LogP contribution in [0.3, 0.4) is 0 Å². The second-order valence-corrected chi connectivity index (χ2v) is 8.08. The number of hydrogen-bond donors (Lipinski definition) is 2. The lowest BCUT2D eigenvalue weighted by molar-refractivity contribution is -0.877. The fourth-order valence-electron chi connectivity index (χ4n) is 4.14. The molecular formula is C21H27ClN2O6. The standard InChI is InChI=1S/C21H27ClN2O6/c1-3-21(27,15-5-7-16(22)8-6-15)19(25)29-13-14-9-11-24(28)12-10-17(18(14)24)30-20(26)23-4-2/h5-9,17-18,27H,3-4,10-13H2,1-2H3,(H,23,26)/t17-,18-,21?,24?/m1/s1. The van der Waals surface area contributed by atoms with E-state index in [0.717, 1.165) is 0 Å². The van der Waals surface area contributed by atoms with E-state index in [4.69, 9.17) is 21.1 Å². The first-order valence-electron chi connectivity index (χ1n) is 10.1. The van der Waals surface area contributed by atoms with Crippen molar-refractivity contribution in [2.45, 2.75) is 44.4 Å². The van der Waals surface area contributed by atoms with Crippen LogP contribution in [0.5, 0.6) is 0 Å². The molecule has 2 aliphatic heterocycles. The lowest BCUT2D eigenvalue weighted by atomic mass is 9.91. The number of esters is 1. The maximum atomic E-state index is 13.0. The molecule has 1 fully saturated rings. The van der Waals surface area contributed by atoms with Gasteiger partial charge in [0.25, 0.3) is 0 Å². The smallest absolute Gasteiger partial charge is 0.407 e. The molecule has 3 rings (SSSR count). The molecule has 1 aromatic rings. The Kier molecular flexibility index (Phi) is 6.71. The average Bonchev–Trinajstić information content (AvgIpc) is 3.22. The van der Waals surface area contributed by atoms with E-state index in [9.17, 15) is 19.9 Å². The molecule has 0 spiro atoms. The molecule has 2 heterocycles. The third-order valence-electron chi connectivity index (χ3n) is 5.81. The van der Waals surface area contributed by atoms with E-state index in [1.165, 1.54) is 0 Å². The SMILES string of the molecule is CCNC(=O)O[C@@H]1CC[N+]2([O-])CC=C(COC(=O)C(O)(CC)c3ccc(Cl)cc3)[C@H]12. The van der Waals surface area contributed by atoms with Crippen LogP contribution in [0.4, 0.5) is 4.79 Å². The first kappa shape index (κ1) is 22.6. The van der Waals surface area contributed by atoms with Crippen LogP contribution in [0.2, 0.25) is 5.02 Å². The maximum Gasteiger partial charge on any atom is 0.407 e. The van der Waals surface area contributed by atoms with Crippen LogP contribution in [0, 0.1) is 5.21 Å². The summed E-state index contributed by atoms with van der Waals surface area (Å²) in [6.07, 6.45) is 1.15. The van der Waals surface area contributed by atoms with Crippen molar-refractivity contribution in [3.05, 3.63) is 51.7 Å². The molecule has 2 N–H and O–H groups in total. The van der Waals surface area contributed by atoms with Gasteiger partial charge in [0.05, 0.1) is 13.1 Å². The molecule has 8 nitrogen and oxygen atoms in total. The fraction of sp³-hybridized carbons (Fsp3) is 0.524. The lowest BCUT2D eigenvalue weighted by Crippen LogP contribution is -2.48. The van der Waals surface area contributed by atoms with Gasteiger partial charge < -0.3 is 29.8 Å². The van der Waals surface area contributed by atoms with E-state index in [0.29, 0.717) is 35.7 Å². The van der Waals surface area contributed by atoms with E-state index in [1.54, 1.807) is 44.2 Å². The number of fused-ring (bicyclic) bond motifs is 1. The normalized spacial score (nSPS) is 27.0. The molecule has 30 heavy (non-hydrogen) atoms. The summed E-state index contributed by atoms with van der Waals surface area (Å²) in [4.78, 5) is 24.6. The number of ether oxygens (including phenoxy) is 2. The number of nitrogens with one attached hydrogen (secondary N) is 1. The molecule has 9 heteroatoms. The first-order chi connectivity index (χ1) is 14.2. The highest BCUT2D eigenvalue weighted by Gasteiger charge is 2.50. The van der Waals surface area contributed by atoms with Gasteiger partial charge in [0.15, 0.2) is 17.7 Å². The second kappa shape index (κ2) is 8.93. The Balaban J connectivity index is 1.69. The van der Waals surface area contributed by atoms with Gasteiger partial charge in [-0.1, -0.05) is 30.7 Å². The summed E-state index contributed by atoms with van der Waals surface area (Å²) < 4.78 is 10.3. The molecule has 164 valence electrons. The molecule has 1 saturated heterocycles. The van der Waals surface area contributed by atoms with Crippen LogP contribution in [0.1, 0.15) is 32.3 Å². The zero-order valence-corrected chi connectivity index (χ0v) is 17.9. The topological polar surface area (TPSA) is 108 Å². The number of hydroxylamine groups is 3. The molecule has 0 saturated carbocycles. The van der Waals surface area contributed by atoms with Crippen LogP contribution in [-0.2, 0) is 19.9 Å². The number of carbonyl (C=O) groups is 2. The highest BCUT2D eigenvalue weighted by atomic mass is 35.5. The molecule has 1 aromatic carbocycles. The minimum Gasteiger partial charge on any atom is -0.632 e. The van der Waals surface area contributed by atoms with Crippen LogP contribution < -0.4 is 5.32 Å². The van der Waals surface area contributed by atoms with Crippen molar-refractivity contribution >= 4 is 23.7 Å². The molecule has 1 amide bonds. The van der Waals surface area contributed by atoms with Gasteiger partial charge in [-0.2, -0.15) is 0 Å². The summed E-state index contributed by atoms with van der Waals surface area (Å²) >= 11 is 5.89. The molecule has 2 unspecified atom stereocenters. The minimum atomic E-state index is -1.82. The summed E-state index contributed by atoms with van der Waals surface area (Å²) in [7, 11) is 0. The monoisotopic (exact) mass is 438 g/mol. The molecule has 0 bridgehead atoms. The number of amides is 1. The summed E-state index contributed by atoms with van der Waals surface area (Å²) in [5.74, 6) is -0.802. The van der Waals surface area contributed by atoms with Gasteiger partial charge in [-0.25, -0.2) is 9.59 Å². The number of benzene rings is 1. The number of carbonyl (C=O) groups excluding carboxylic acids is 2. The van der Waals surface area contributed by atoms with Crippen LogP contribution in [-0.4, -0.2) is 60.2 Å². The molecule has 0 aromatic heterocycles. The van der Waals surface area contributed by atoms with Gasteiger partial charge in [0.1, 0.15) is 6.61 Å². The summed E-state index contributed by atoms with van der Waals surface area (Å²) in [5.41, 5.74) is -0.827. The Labute approximate surface area is 180 Å². The highest BCUT2D eigenvalue weighted by Crippen LogP contribution is 2.38. The summed E-state index contributed by atoms with van der Waals surface area (Å²) in [6, 6.07) is 5.74. The van der Waals surface area contributed by atoms with E-state index in [1.807, 2.05) is 0 Å². The van der Waals surface area contributed by atoms with Crippen molar-refractivity contribution in [1.82, 2.24) is 5.32 Å². The third-order valence-corrected chi connectivity index (χ3v) is 6.07. The maximum absolute atomic E-state index is 13.0. The number of hydrogen-bond acceptors (Lipinski definition) is 6. The lowest BCUT2D eigenvalue weighted by Gasteiger charge is -2.40. The number of alkyl carbamates (subject to hydrolysis) is 1. The number of rotatable bonds is 7. The van der Waals surface area contributed by atoms with Gasteiger partial charge >= 0.3 is 12.1 Å². The highest BCUT2D eigenvalue weighted by molar-refractivity contribution is 6.30. The zero-order valence-electron chi connectivity index (χ0n) is 17.1. The first-order valence-corrected chi connectivity index (χ1v) is 10.5. The zero-order chi connectivity index (χ0) is 21.9. The summed E-state index contributed by atoms with van der Waals surface area (Å²) in [6.45, 7) is 4.30. The molecular weight excluding hydrogens is 412 g/mol. The van der Waals surface area contributed by atoms with Crippen molar-refractivity contribution in [1.29, 1.82) is 0 Å². The summed E-state index contributed by atoms with van der Waals surface area (Å²) in [5, 5.41) is 27.0. The van der Waals surface area contributed by atoms with E-state index in [2.05, 4.69) is 5.32 Å². The van der Waals surface area contributed by atoms with Gasteiger partial charge in [0.2, 0.25) is 0 Å². The van der Waals surface area contributed by atoms with Crippen molar-refractivity contribution in [2.75, 3.05) is 26.2 Å². The Morgan fingerprint density at radius 3 is 2.67 bits per heavy atom. The Morgan fingerprint density at radius 2 is 2.03 bits per heavy atom. The third kappa shape index (κ3) is 4.32. The molecule has 0 radical (unpaired) electrons. The molecule has 4 atom stereocenters. The molecule has 2 aliphatic rings. The van der Waals surface area contributed by atoms with Gasteiger partial charge in [0, 0.05) is 23.6 Å².